The van der Waals surface area contributed by atoms with Gasteiger partial charge in [-0.05, 0) is 53.4 Å². The molecule has 0 spiro atoms. The molecule has 0 aromatic heterocycles. The summed E-state index contributed by atoms with van der Waals surface area (Å²) in [7, 11) is -4.85. The third-order valence-corrected chi connectivity index (χ3v) is 3.84. The summed E-state index contributed by atoms with van der Waals surface area (Å²) in [5.41, 5.74) is 5.73. The minimum Gasteiger partial charge on any atom is -0.810 e. The average molecular weight is 419 g/mol. The largest absolute Gasteiger partial charge is 1.00 e. The number of rotatable bonds is 11. The van der Waals surface area contributed by atoms with Gasteiger partial charge in [-0.3, -0.25) is 9.63 Å². The van der Waals surface area contributed by atoms with Crippen molar-refractivity contribution in [2.75, 3.05) is 12.8 Å². The first kappa shape index (κ1) is 35.3. The molecule has 0 saturated carbocycles. The summed E-state index contributed by atoms with van der Waals surface area (Å²) in [6.07, 6.45) is 9.11. The van der Waals surface area contributed by atoms with E-state index in [9.17, 15) is 19.1 Å². The molecule has 146 valence electrons. The van der Waals surface area contributed by atoms with Crippen LogP contribution in [0.5, 0.6) is 0 Å². The van der Waals surface area contributed by atoms with Crippen LogP contribution in [-0.2, 0) is 14.2 Å². The molecular weight excluding hydrogens is 387 g/mol. The summed E-state index contributed by atoms with van der Waals surface area (Å²) in [6, 6.07) is 0. The van der Waals surface area contributed by atoms with Gasteiger partial charge in [-0.15, -0.1) is 0 Å². The standard InChI is InChI=1S/C17H30NO5P.CH4.2Na/c1-14(2)7-5-8-15(3)9-6-10-16(4)11-12-23-18-17(19)13-24(20,21)22;;;/h7,9,11H,5-6,8,10,12-13H2,1-4H3,(H,18,19)(H2,20,21,22);1H4;;/q;;2*+1/p-2/b15-9+,16-11+;;;. The molecule has 0 aromatic rings. The number of nitrogens with one attached hydrogen (secondary N) is 1. The minimum absolute atomic E-state index is 0. The summed E-state index contributed by atoms with van der Waals surface area (Å²) >= 11 is 0. The van der Waals surface area contributed by atoms with Crippen molar-refractivity contribution in [3.8, 4) is 0 Å². The summed E-state index contributed by atoms with van der Waals surface area (Å²) in [5.74, 6) is -0.954. The third kappa shape index (κ3) is 26.8. The van der Waals surface area contributed by atoms with Crippen LogP contribution in [0.3, 0.4) is 0 Å². The molecule has 0 heterocycles. The predicted octanol–water partition coefficient (Wildman–Crippen LogP) is -2.99. The molecule has 0 aliphatic rings. The fourth-order valence-electron chi connectivity index (χ4n) is 1.85. The summed E-state index contributed by atoms with van der Waals surface area (Å²) in [6.45, 7) is 8.40. The van der Waals surface area contributed by atoms with Gasteiger partial charge in [-0.2, -0.15) is 0 Å². The molecule has 1 amide bonds. The van der Waals surface area contributed by atoms with Crippen LogP contribution in [0, 0.1) is 0 Å². The fraction of sp³-hybridized carbons (Fsp3) is 0.611. The van der Waals surface area contributed by atoms with Crippen molar-refractivity contribution in [1.82, 2.24) is 5.48 Å². The zero-order valence-corrected chi connectivity index (χ0v) is 21.9. The van der Waals surface area contributed by atoms with Crippen LogP contribution in [0.1, 0.15) is 60.8 Å². The van der Waals surface area contributed by atoms with Crippen LogP contribution in [0.15, 0.2) is 34.9 Å². The molecule has 6 nitrogen and oxygen atoms in total. The zero-order chi connectivity index (χ0) is 18.6. The number of hydroxylamine groups is 1. The fourth-order valence-corrected chi connectivity index (χ4v) is 2.27. The van der Waals surface area contributed by atoms with Crippen molar-refractivity contribution in [2.45, 2.75) is 60.8 Å². The Kier molecular flexibility index (Phi) is 26.2. The molecule has 1 N–H and O–H groups in total. The van der Waals surface area contributed by atoms with Gasteiger partial charge in [0.2, 0.25) is 5.91 Å². The number of allylic oxidation sites excluding steroid dienone is 5. The van der Waals surface area contributed by atoms with Crippen molar-refractivity contribution in [3.05, 3.63) is 34.9 Å². The second-order valence-electron chi connectivity index (χ2n) is 6.07. The van der Waals surface area contributed by atoms with Gasteiger partial charge in [0.05, 0.1) is 12.8 Å². The number of hydrogen-bond donors (Lipinski definition) is 1. The molecular formula is C18H32NNa2O5P. The molecule has 9 heteroatoms. The van der Waals surface area contributed by atoms with E-state index in [1.165, 1.54) is 11.1 Å². The average Bonchev–Trinajstić information content (AvgIpc) is 2.41. The van der Waals surface area contributed by atoms with Gasteiger partial charge in [0.1, 0.15) is 0 Å². The van der Waals surface area contributed by atoms with E-state index in [2.05, 4.69) is 32.9 Å². The van der Waals surface area contributed by atoms with E-state index in [4.69, 9.17) is 4.84 Å². The summed E-state index contributed by atoms with van der Waals surface area (Å²) < 4.78 is 10.4. The topological polar surface area (TPSA) is 102 Å². The zero-order valence-electron chi connectivity index (χ0n) is 17.0. The van der Waals surface area contributed by atoms with Crippen LogP contribution < -0.4 is 74.4 Å². The Morgan fingerprint density at radius 3 is 1.93 bits per heavy atom. The quantitative estimate of drug-likeness (QED) is 0.127. The minimum atomic E-state index is -4.85. The van der Waals surface area contributed by atoms with Crippen molar-refractivity contribution < 1.29 is 83.1 Å². The van der Waals surface area contributed by atoms with Crippen LogP contribution >= 0.6 is 7.60 Å². The predicted molar refractivity (Wildman–Crippen MR) is 98.7 cm³/mol. The second-order valence-corrected chi connectivity index (χ2v) is 7.60. The molecule has 0 bridgehead atoms. The molecule has 0 atom stereocenters. The number of carbonyl (C=O) groups excluding carboxylic acids is 1. The van der Waals surface area contributed by atoms with Gasteiger partial charge in [0.15, 0.2) is 0 Å². The van der Waals surface area contributed by atoms with Crippen molar-refractivity contribution in [1.29, 1.82) is 0 Å². The number of carbonyl (C=O) groups is 1. The smallest absolute Gasteiger partial charge is 0.810 e. The maximum atomic E-state index is 11.0. The van der Waals surface area contributed by atoms with Crippen LogP contribution in [0.25, 0.3) is 0 Å². The Bertz CT molecular complexity index is 538. The Morgan fingerprint density at radius 1 is 0.963 bits per heavy atom. The SMILES string of the molecule is C.CC(C)=CCC/C(C)=C/CC/C(C)=C/CONC(=O)CP(=O)([O-])[O-].[Na+].[Na+]. The second kappa shape index (κ2) is 20.1. The summed E-state index contributed by atoms with van der Waals surface area (Å²) in [5, 5.41) is 0. The van der Waals surface area contributed by atoms with Crippen molar-refractivity contribution in [3.63, 3.8) is 0 Å². The van der Waals surface area contributed by atoms with E-state index in [0.717, 1.165) is 31.3 Å². The first-order chi connectivity index (χ1) is 11.1. The van der Waals surface area contributed by atoms with E-state index >= 15 is 0 Å². The third-order valence-electron chi connectivity index (χ3n) is 3.16. The first-order valence-electron chi connectivity index (χ1n) is 7.96. The molecule has 0 rings (SSSR count). The molecule has 0 aliphatic carbocycles. The van der Waals surface area contributed by atoms with E-state index in [0.29, 0.717) is 0 Å². The first-order valence-corrected chi connectivity index (χ1v) is 9.69. The maximum Gasteiger partial charge on any atom is 1.00 e. The molecule has 0 radical (unpaired) electrons. The van der Waals surface area contributed by atoms with E-state index in [1.54, 1.807) is 6.08 Å². The summed E-state index contributed by atoms with van der Waals surface area (Å²) in [4.78, 5) is 36.6. The van der Waals surface area contributed by atoms with Gasteiger partial charge < -0.3 is 14.4 Å². The molecule has 0 aromatic carbocycles. The Labute approximate surface area is 209 Å². The van der Waals surface area contributed by atoms with Crippen molar-refractivity contribution >= 4 is 13.5 Å². The number of amides is 1. The number of hydrogen-bond acceptors (Lipinski definition) is 5. The van der Waals surface area contributed by atoms with Crippen LogP contribution in [0.2, 0.25) is 0 Å². The Hall–Kier alpha value is 0.800. The van der Waals surface area contributed by atoms with Gasteiger partial charge in [-0.25, -0.2) is 5.48 Å². The molecule has 0 aliphatic heterocycles. The van der Waals surface area contributed by atoms with Gasteiger partial charge in [-0.1, -0.05) is 50.0 Å². The van der Waals surface area contributed by atoms with E-state index in [-0.39, 0.29) is 73.1 Å². The monoisotopic (exact) mass is 419 g/mol. The normalized spacial score (nSPS) is 11.5. The Morgan fingerprint density at radius 2 is 1.44 bits per heavy atom. The van der Waals surface area contributed by atoms with Gasteiger partial charge in [0.25, 0.3) is 0 Å². The maximum absolute atomic E-state index is 11.0. The molecule has 0 saturated heterocycles. The van der Waals surface area contributed by atoms with Crippen LogP contribution in [0.4, 0.5) is 0 Å². The Balaban J connectivity index is -0.000000882. The van der Waals surface area contributed by atoms with E-state index in [1.807, 2.05) is 12.4 Å². The van der Waals surface area contributed by atoms with E-state index < -0.39 is 19.7 Å². The van der Waals surface area contributed by atoms with Gasteiger partial charge >= 0.3 is 59.1 Å². The molecule has 27 heavy (non-hydrogen) atoms. The molecule has 0 unspecified atom stereocenters. The van der Waals surface area contributed by atoms with Crippen molar-refractivity contribution in [2.24, 2.45) is 0 Å². The van der Waals surface area contributed by atoms with Crippen LogP contribution in [-0.4, -0.2) is 18.7 Å². The molecule has 0 fully saturated rings. The van der Waals surface area contributed by atoms with Gasteiger partial charge in [0, 0.05) is 0 Å².